The number of para-hydroxylation sites is 1. The molecule has 2 aromatic heterocycles. The molecule has 3 heterocycles. The average Bonchev–Trinajstić information content (AvgIpc) is 3.10. The molecule has 0 unspecified atom stereocenters. The van der Waals surface area contributed by atoms with Gasteiger partial charge in [-0.2, -0.15) is 5.10 Å². The molecule has 1 aliphatic rings. The highest BCUT2D eigenvalue weighted by atomic mass is 15.1. The molecule has 4 heteroatoms. The van der Waals surface area contributed by atoms with Crippen molar-refractivity contribution in [2.75, 3.05) is 13.1 Å². The van der Waals surface area contributed by atoms with Crippen LogP contribution in [0.4, 0.5) is 0 Å². The van der Waals surface area contributed by atoms with E-state index < -0.39 is 0 Å². The van der Waals surface area contributed by atoms with Crippen LogP contribution >= 0.6 is 0 Å². The first-order valence-electron chi connectivity index (χ1n) is 7.94. The molecule has 1 saturated heterocycles. The average molecular weight is 292 g/mol. The van der Waals surface area contributed by atoms with Crippen LogP contribution in [-0.2, 0) is 6.54 Å². The van der Waals surface area contributed by atoms with E-state index in [9.17, 15) is 0 Å². The second-order valence-corrected chi connectivity index (χ2v) is 6.07. The van der Waals surface area contributed by atoms with Gasteiger partial charge >= 0.3 is 0 Å². The molecule has 1 fully saturated rings. The molecule has 1 aliphatic heterocycles. The van der Waals surface area contributed by atoms with Crippen LogP contribution in [0.3, 0.4) is 0 Å². The number of aromatic amines is 1. The molecule has 0 amide bonds. The number of nitrogens with one attached hydrogen (secondary N) is 1. The van der Waals surface area contributed by atoms with Crippen molar-refractivity contribution in [2.24, 2.45) is 0 Å². The Balaban J connectivity index is 1.46. The Morgan fingerprint density at radius 1 is 1.14 bits per heavy atom. The van der Waals surface area contributed by atoms with Gasteiger partial charge in [0, 0.05) is 24.3 Å². The van der Waals surface area contributed by atoms with Crippen LogP contribution < -0.4 is 0 Å². The Morgan fingerprint density at radius 2 is 2.00 bits per heavy atom. The first-order chi connectivity index (χ1) is 10.9. The number of likely N-dealkylation sites (tertiary alicyclic amines) is 1. The summed E-state index contributed by atoms with van der Waals surface area (Å²) in [6, 6.07) is 10.6. The zero-order chi connectivity index (χ0) is 14.8. The lowest BCUT2D eigenvalue weighted by molar-refractivity contribution is 0.205. The zero-order valence-electron chi connectivity index (χ0n) is 12.6. The molecule has 0 radical (unpaired) electrons. The standard InChI is InChI=1S/C18H20N4/c1-3-15-5-2-8-19-18(15)16(4-1)13-22-9-6-14(7-10-22)17-11-20-21-12-17/h1-5,8,11-12,14H,6-7,9-10,13H2,(H,20,21). The second kappa shape index (κ2) is 5.89. The number of H-pyrrole nitrogens is 1. The van der Waals surface area contributed by atoms with Crippen molar-refractivity contribution in [1.29, 1.82) is 0 Å². The van der Waals surface area contributed by atoms with Crippen LogP contribution in [-0.4, -0.2) is 33.2 Å². The summed E-state index contributed by atoms with van der Waals surface area (Å²) in [6.45, 7) is 3.27. The number of pyridine rings is 1. The smallest absolute Gasteiger partial charge is 0.0746 e. The molecule has 0 saturated carbocycles. The van der Waals surface area contributed by atoms with E-state index in [1.54, 1.807) is 0 Å². The molecule has 0 bridgehead atoms. The van der Waals surface area contributed by atoms with Crippen LogP contribution in [0.15, 0.2) is 48.9 Å². The zero-order valence-corrected chi connectivity index (χ0v) is 12.6. The van der Waals surface area contributed by atoms with Crippen LogP contribution in [0.1, 0.15) is 29.9 Å². The Hall–Kier alpha value is -2.20. The Morgan fingerprint density at radius 3 is 2.82 bits per heavy atom. The van der Waals surface area contributed by atoms with Crippen molar-refractivity contribution in [3.05, 3.63) is 60.0 Å². The highest BCUT2D eigenvalue weighted by Crippen LogP contribution is 2.28. The molecular formula is C18H20N4. The molecule has 22 heavy (non-hydrogen) atoms. The van der Waals surface area contributed by atoms with Crippen molar-refractivity contribution in [2.45, 2.75) is 25.3 Å². The summed E-state index contributed by atoms with van der Waals surface area (Å²) < 4.78 is 0. The van der Waals surface area contributed by atoms with Gasteiger partial charge in [0.25, 0.3) is 0 Å². The van der Waals surface area contributed by atoms with Gasteiger partial charge < -0.3 is 0 Å². The summed E-state index contributed by atoms with van der Waals surface area (Å²) in [7, 11) is 0. The van der Waals surface area contributed by atoms with E-state index in [1.165, 1.54) is 29.4 Å². The number of fused-ring (bicyclic) bond motifs is 1. The van der Waals surface area contributed by atoms with Crippen molar-refractivity contribution >= 4 is 10.9 Å². The van der Waals surface area contributed by atoms with Gasteiger partial charge in [-0.15, -0.1) is 0 Å². The minimum absolute atomic E-state index is 0.653. The van der Waals surface area contributed by atoms with Crippen LogP contribution in [0.25, 0.3) is 10.9 Å². The summed E-state index contributed by atoms with van der Waals surface area (Å²) in [5.74, 6) is 0.653. The SMILES string of the molecule is c1cnc2c(CN3CCC(c4cn[nH]c4)CC3)cccc2c1. The van der Waals surface area contributed by atoms with Gasteiger partial charge in [-0.1, -0.05) is 24.3 Å². The van der Waals surface area contributed by atoms with Crippen molar-refractivity contribution in [3.63, 3.8) is 0 Å². The monoisotopic (exact) mass is 292 g/mol. The first-order valence-corrected chi connectivity index (χ1v) is 7.94. The van der Waals surface area contributed by atoms with Gasteiger partial charge in [-0.05, 0) is 49.0 Å². The van der Waals surface area contributed by atoms with Gasteiger partial charge in [0.1, 0.15) is 0 Å². The molecule has 3 aromatic rings. The summed E-state index contributed by atoms with van der Waals surface area (Å²) in [6.07, 6.45) is 8.30. The Kier molecular flexibility index (Phi) is 3.60. The Bertz CT molecular complexity index is 737. The third-order valence-corrected chi connectivity index (χ3v) is 4.69. The fourth-order valence-corrected chi connectivity index (χ4v) is 3.44. The molecule has 112 valence electrons. The fourth-order valence-electron chi connectivity index (χ4n) is 3.44. The topological polar surface area (TPSA) is 44.8 Å². The van der Waals surface area contributed by atoms with E-state index in [4.69, 9.17) is 0 Å². The molecule has 0 spiro atoms. The fraction of sp³-hybridized carbons (Fsp3) is 0.333. The number of hydrogen-bond acceptors (Lipinski definition) is 3. The van der Waals surface area contributed by atoms with Gasteiger partial charge in [-0.3, -0.25) is 15.0 Å². The first kappa shape index (κ1) is 13.5. The molecule has 4 nitrogen and oxygen atoms in total. The largest absolute Gasteiger partial charge is 0.299 e. The predicted octanol–water partition coefficient (Wildman–Crippen LogP) is 3.34. The van der Waals surface area contributed by atoms with Crippen LogP contribution in [0.2, 0.25) is 0 Å². The minimum atomic E-state index is 0.653. The van der Waals surface area contributed by atoms with E-state index in [0.29, 0.717) is 5.92 Å². The van der Waals surface area contributed by atoms with Crippen LogP contribution in [0.5, 0.6) is 0 Å². The lowest BCUT2D eigenvalue weighted by Gasteiger charge is -2.31. The highest BCUT2D eigenvalue weighted by molar-refractivity contribution is 5.81. The number of aromatic nitrogens is 3. The lowest BCUT2D eigenvalue weighted by Crippen LogP contribution is -2.32. The lowest BCUT2D eigenvalue weighted by atomic mass is 9.91. The van der Waals surface area contributed by atoms with Crippen molar-refractivity contribution in [3.8, 4) is 0 Å². The maximum absolute atomic E-state index is 4.56. The molecular weight excluding hydrogens is 272 g/mol. The van der Waals surface area contributed by atoms with E-state index in [2.05, 4.69) is 44.3 Å². The van der Waals surface area contributed by atoms with Crippen LogP contribution in [0, 0.1) is 0 Å². The number of rotatable bonds is 3. The van der Waals surface area contributed by atoms with Gasteiger partial charge in [0.05, 0.1) is 11.7 Å². The number of piperidine rings is 1. The van der Waals surface area contributed by atoms with Gasteiger partial charge in [0.2, 0.25) is 0 Å². The summed E-state index contributed by atoms with van der Waals surface area (Å²) in [5.41, 5.74) is 3.83. The van der Waals surface area contributed by atoms with Crippen molar-refractivity contribution in [1.82, 2.24) is 20.1 Å². The van der Waals surface area contributed by atoms with Crippen molar-refractivity contribution < 1.29 is 0 Å². The summed E-state index contributed by atoms with van der Waals surface area (Å²) in [4.78, 5) is 7.10. The molecule has 4 rings (SSSR count). The predicted molar refractivity (Wildman–Crippen MR) is 87.6 cm³/mol. The maximum Gasteiger partial charge on any atom is 0.0746 e. The molecule has 0 aliphatic carbocycles. The summed E-state index contributed by atoms with van der Waals surface area (Å²) in [5, 5.41) is 8.23. The number of nitrogens with zero attached hydrogens (tertiary/aromatic N) is 3. The summed E-state index contributed by atoms with van der Waals surface area (Å²) >= 11 is 0. The number of benzene rings is 1. The van der Waals surface area contributed by atoms with E-state index in [-0.39, 0.29) is 0 Å². The molecule has 1 aromatic carbocycles. The quantitative estimate of drug-likeness (QED) is 0.805. The van der Waals surface area contributed by atoms with E-state index in [0.717, 1.165) is 25.2 Å². The Labute approximate surface area is 130 Å². The highest BCUT2D eigenvalue weighted by Gasteiger charge is 2.21. The third-order valence-electron chi connectivity index (χ3n) is 4.69. The maximum atomic E-state index is 4.56. The van der Waals surface area contributed by atoms with E-state index in [1.807, 2.05) is 24.7 Å². The number of hydrogen-bond donors (Lipinski definition) is 1. The minimum Gasteiger partial charge on any atom is -0.299 e. The molecule has 1 N–H and O–H groups in total. The third kappa shape index (κ3) is 2.62. The van der Waals surface area contributed by atoms with E-state index >= 15 is 0 Å². The van der Waals surface area contributed by atoms with Gasteiger partial charge in [-0.25, -0.2) is 0 Å². The second-order valence-electron chi connectivity index (χ2n) is 6.07. The normalized spacial score (nSPS) is 17.1. The van der Waals surface area contributed by atoms with Gasteiger partial charge in [0.15, 0.2) is 0 Å². The molecule has 0 atom stereocenters.